The van der Waals surface area contributed by atoms with Crippen LogP contribution in [0.5, 0.6) is 0 Å². The van der Waals surface area contributed by atoms with Crippen molar-refractivity contribution in [2.45, 2.75) is 58.7 Å². The first-order chi connectivity index (χ1) is 8.71. The van der Waals surface area contributed by atoms with Gasteiger partial charge in [0, 0.05) is 5.92 Å². The minimum Gasteiger partial charge on any atom is -0.400 e. The molecular formula is C13H21BN2O2S. The molecule has 1 aliphatic heterocycles. The summed E-state index contributed by atoms with van der Waals surface area (Å²) in [5.74, 6) is 2.32. The third-order valence-electron chi connectivity index (χ3n) is 3.62. The molecule has 2 heterocycles. The quantitative estimate of drug-likeness (QED) is 0.797. The van der Waals surface area contributed by atoms with Gasteiger partial charge in [0.25, 0.3) is 0 Å². The van der Waals surface area contributed by atoms with Crippen LogP contribution in [-0.4, -0.2) is 28.5 Å². The molecule has 1 fully saturated rings. The molecule has 0 unspecified atom stereocenters. The third-order valence-corrected chi connectivity index (χ3v) is 4.81. The van der Waals surface area contributed by atoms with Crippen LogP contribution < -0.4 is 0 Å². The van der Waals surface area contributed by atoms with E-state index in [1.165, 1.54) is 0 Å². The zero-order valence-electron chi connectivity index (χ0n) is 12.4. The molecule has 0 amide bonds. The van der Waals surface area contributed by atoms with Crippen LogP contribution in [0.2, 0.25) is 0 Å². The highest BCUT2D eigenvalue weighted by atomic mass is 32.1. The van der Waals surface area contributed by atoms with Crippen LogP contribution in [0.15, 0.2) is 5.98 Å². The lowest BCUT2D eigenvalue weighted by molar-refractivity contribution is 0.00578. The summed E-state index contributed by atoms with van der Waals surface area (Å²) >= 11 is 1.60. The van der Waals surface area contributed by atoms with Gasteiger partial charge in [-0.2, -0.15) is 0 Å². The molecule has 1 aromatic heterocycles. The predicted molar refractivity (Wildman–Crippen MR) is 79.1 cm³/mol. The summed E-state index contributed by atoms with van der Waals surface area (Å²) in [4.78, 5) is 0. The molecule has 0 aliphatic carbocycles. The fourth-order valence-corrected chi connectivity index (χ4v) is 2.44. The topological polar surface area (TPSA) is 44.2 Å². The average Bonchev–Trinajstić information content (AvgIpc) is 2.79. The number of nitrogens with zero attached hydrogens (tertiary/aromatic N) is 2. The highest BCUT2D eigenvalue weighted by molar-refractivity contribution is 7.12. The molecule has 1 saturated heterocycles. The summed E-state index contributed by atoms with van der Waals surface area (Å²) in [6, 6.07) is 0. The molecule has 6 heteroatoms. The average molecular weight is 280 g/mol. The van der Waals surface area contributed by atoms with E-state index in [-0.39, 0.29) is 18.3 Å². The third kappa shape index (κ3) is 3.07. The van der Waals surface area contributed by atoms with E-state index in [9.17, 15) is 0 Å². The molecule has 0 spiro atoms. The van der Waals surface area contributed by atoms with Crippen molar-refractivity contribution in [1.82, 2.24) is 10.2 Å². The number of aromatic nitrogens is 2. The smallest absolute Gasteiger partial charge is 0.400 e. The van der Waals surface area contributed by atoms with Gasteiger partial charge in [0.1, 0.15) is 10.0 Å². The lowest BCUT2D eigenvalue weighted by Crippen LogP contribution is -2.41. The van der Waals surface area contributed by atoms with E-state index in [0.717, 1.165) is 10.0 Å². The van der Waals surface area contributed by atoms with E-state index < -0.39 is 0 Å². The normalized spacial score (nSPS) is 21.7. The van der Waals surface area contributed by atoms with Crippen molar-refractivity contribution in [2.24, 2.45) is 0 Å². The van der Waals surface area contributed by atoms with Crippen LogP contribution >= 0.6 is 11.3 Å². The van der Waals surface area contributed by atoms with E-state index in [2.05, 4.69) is 24.0 Å². The second-order valence-corrected chi connectivity index (χ2v) is 7.16. The van der Waals surface area contributed by atoms with Crippen molar-refractivity contribution >= 4 is 24.5 Å². The van der Waals surface area contributed by atoms with E-state index in [1.54, 1.807) is 11.3 Å². The molecule has 0 atom stereocenters. The second kappa shape index (κ2) is 5.00. The Morgan fingerprint density at radius 2 is 1.68 bits per heavy atom. The highest BCUT2D eigenvalue weighted by Gasteiger charge is 2.50. The second-order valence-electron chi connectivity index (χ2n) is 6.12. The Kier molecular flexibility index (Phi) is 3.86. The van der Waals surface area contributed by atoms with Crippen LogP contribution in [0, 0.1) is 0 Å². The number of hydrogen-bond donors (Lipinski definition) is 0. The van der Waals surface area contributed by atoms with Crippen molar-refractivity contribution in [1.29, 1.82) is 0 Å². The summed E-state index contributed by atoms with van der Waals surface area (Å²) in [5, 5.41) is 10.2. The Morgan fingerprint density at radius 1 is 1.11 bits per heavy atom. The van der Waals surface area contributed by atoms with Gasteiger partial charge in [-0.15, -0.1) is 10.2 Å². The molecule has 19 heavy (non-hydrogen) atoms. The van der Waals surface area contributed by atoms with Gasteiger partial charge in [-0.1, -0.05) is 31.2 Å². The Balaban J connectivity index is 2.04. The maximum Gasteiger partial charge on any atom is 0.487 e. The Hall–Kier alpha value is -0.715. The van der Waals surface area contributed by atoms with E-state index in [0.29, 0.717) is 5.92 Å². The Labute approximate surface area is 119 Å². The van der Waals surface area contributed by atoms with Gasteiger partial charge in [-0.25, -0.2) is 0 Å². The van der Waals surface area contributed by atoms with Crippen molar-refractivity contribution in [3.05, 3.63) is 16.0 Å². The minimum atomic E-state index is -0.323. The molecular weight excluding hydrogens is 259 g/mol. The van der Waals surface area contributed by atoms with Crippen molar-refractivity contribution in [2.75, 3.05) is 0 Å². The maximum atomic E-state index is 5.89. The molecule has 2 rings (SSSR count). The monoisotopic (exact) mass is 280 g/mol. The van der Waals surface area contributed by atoms with Gasteiger partial charge in [0.2, 0.25) is 0 Å². The first-order valence-corrected chi connectivity index (χ1v) is 7.40. The van der Waals surface area contributed by atoms with E-state index in [1.807, 2.05) is 39.7 Å². The fourth-order valence-electron chi connectivity index (χ4n) is 1.68. The fraction of sp³-hybridized carbons (Fsp3) is 0.692. The molecule has 0 N–H and O–H groups in total. The van der Waals surface area contributed by atoms with Crippen molar-refractivity contribution < 1.29 is 9.31 Å². The summed E-state index contributed by atoms with van der Waals surface area (Å²) in [6.45, 7) is 12.4. The lowest BCUT2D eigenvalue weighted by atomic mass is 9.90. The van der Waals surface area contributed by atoms with E-state index >= 15 is 0 Å². The summed E-state index contributed by atoms with van der Waals surface area (Å²) in [7, 11) is -0.323. The van der Waals surface area contributed by atoms with Gasteiger partial charge in [-0.05, 0) is 33.8 Å². The van der Waals surface area contributed by atoms with Crippen LogP contribution in [0.1, 0.15) is 57.5 Å². The molecule has 0 aromatic carbocycles. The molecule has 104 valence electrons. The van der Waals surface area contributed by atoms with Gasteiger partial charge in [-0.3, -0.25) is 0 Å². The minimum absolute atomic E-state index is 0.299. The Morgan fingerprint density at radius 3 is 2.16 bits per heavy atom. The molecule has 1 aromatic rings. The first-order valence-electron chi connectivity index (χ1n) is 6.58. The summed E-state index contributed by atoms with van der Waals surface area (Å²) < 4.78 is 11.8. The maximum absolute atomic E-state index is 5.89. The zero-order chi connectivity index (χ0) is 14.3. The van der Waals surface area contributed by atoms with Gasteiger partial charge in [0.15, 0.2) is 0 Å². The molecule has 4 nitrogen and oxygen atoms in total. The molecule has 1 aliphatic rings. The molecule has 0 radical (unpaired) electrons. The first kappa shape index (κ1) is 14.7. The van der Waals surface area contributed by atoms with Crippen LogP contribution in [0.4, 0.5) is 0 Å². The van der Waals surface area contributed by atoms with Gasteiger partial charge >= 0.3 is 7.12 Å². The standard InChI is InChI=1S/C13H21BN2O2S/c1-9(2)11-16-15-10(19-11)7-8-14-17-12(3,4)13(5,6)18-14/h7-9H,1-6H3/b8-7+. The molecule has 0 saturated carbocycles. The number of rotatable bonds is 3. The van der Waals surface area contributed by atoms with Crippen LogP contribution in [-0.2, 0) is 9.31 Å². The predicted octanol–water partition coefficient (Wildman–Crippen LogP) is 3.31. The SMILES string of the molecule is CC(C)c1nnc(/C=C/B2OC(C)(C)C(C)(C)O2)s1. The van der Waals surface area contributed by atoms with Crippen molar-refractivity contribution in [3.63, 3.8) is 0 Å². The molecule has 0 bridgehead atoms. The Bertz CT molecular complexity index is 467. The van der Waals surface area contributed by atoms with E-state index in [4.69, 9.17) is 9.31 Å². The lowest BCUT2D eigenvalue weighted by Gasteiger charge is -2.32. The van der Waals surface area contributed by atoms with Crippen LogP contribution in [0.25, 0.3) is 6.08 Å². The van der Waals surface area contributed by atoms with Crippen molar-refractivity contribution in [3.8, 4) is 0 Å². The number of hydrogen-bond acceptors (Lipinski definition) is 5. The van der Waals surface area contributed by atoms with Gasteiger partial charge in [0.05, 0.1) is 11.2 Å². The largest absolute Gasteiger partial charge is 0.487 e. The summed E-state index contributed by atoms with van der Waals surface area (Å²) in [6.07, 6.45) is 1.92. The summed E-state index contributed by atoms with van der Waals surface area (Å²) in [5.41, 5.74) is -0.599. The zero-order valence-corrected chi connectivity index (χ0v) is 13.2. The van der Waals surface area contributed by atoms with Crippen LogP contribution in [0.3, 0.4) is 0 Å². The van der Waals surface area contributed by atoms with Gasteiger partial charge < -0.3 is 9.31 Å². The highest BCUT2D eigenvalue weighted by Crippen LogP contribution is 2.37.